The molecule has 1 N–H and O–H groups in total. The topological polar surface area (TPSA) is 136 Å². The lowest BCUT2D eigenvalue weighted by Gasteiger charge is -2.56. The highest BCUT2D eigenvalue weighted by atomic mass is 16.5. The van der Waals surface area contributed by atoms with E-state index >= 15 is 0 Å². The summed E-state index contributed by atoms with van der Waals surface area (Å²) in [6.45, 7) is 6.77. The number of piperidine rings is 2. The summed E-state index contributed by atoms with van der Waals surface area (Å²) in [6, 6.07) is 12.0. The second kappa shape index (κ2) is 14.5. The van der Waals surface area contributed by atoms with Crippen LogP contribution in [-0.4, -0.2) is 99.8 Å². The summed E-state index contributed by atoms with van der Waals surface area (Å²) in [4.78, 5) is 62.3. The molecule has 9 rings (SSSR count). The number of aromatic nitrogens is 4. The lowest BCUT2D eigenvalue weighted by atomic mass is 9.60. The van der Waals surface area contributed by atoms with Crippen molar-refractivity contribution in [2.75, 3.05) is 58.4 Å². The van der Waals surface area contributed by atoms with Gasteiger partial charge in [0.05, 0.1) is 30.6 Å². The second-order valence-electron chi connectivity index (χ2n) is 16.5. The van der Waals surface area contributed by atoms with Gasteiger partial charge in [-0.25, -0.2) is 4.79 Å². The average Bonchev–Trinajstić information content (AvgIpc) is 3.46. The Kier molecular flexibility index (Phi) is 9.43. The first-order valence-electron chi connectivity index (χ1n) is 20.0. The molecule has 3 aromatic heterocycles. The predicted octanol–water partition coefficient (Wildman–Crippen LogP) is 3.82. The van der Waals surface area contributed by atoms with Crippen molar-refractivity contribution in [2.24, 2.45) is 19.5 Å². The van der Waals surface area contributed by atoms with E-state index in [4.69, 9.17) is 9.47 Å². The molecular weight excluding hydrogens is 725 g/mol. The molecule has 2 aromatic carbocycles. The predicted molar refractivity (Wildman–Crippen MR) is 218 cm³/mol. The Balaban J connectivity index is 0.809. The maximum absolute atomic E-state index is 13.3. The van der Waals surface area contributed by atoms with Crippen LogP contribution in [-0.2, 0) is 30.2 Å². The van der Waals surface area contributed by atoms with Gasteiger partial charge in [0.15, 0.2) is 0 Å². The molecule has 298 valence electrons. The van der Waals surface area contributed by atoms with E-state index < -0.39 is 11.9 Å². The molecule has 1 spiro atoms. The average molecular weight is 775 g/mol. The number of carbonyl (C=O) groups is 2. The van der Waals surface area contributed by atoms with Gasteiger partial charge in [-0.1, -0.05) is 0 Å². The molecule has 0 bridgehead atoms. The van der Waals surface area contributed by atoms with Crippen LogP contribution >= 0.6 is 0 Å². The van der Waals surface area contributed by atoms with Gasteiger partial charge in [0.2, 0.25) is 11.8 Å². The Bertz CT molecular complexity index is 2520. The third-order valence-electron chi connectivity index (χ3n) is 13.3. The second-order valence-corrected chi connectivity index (χ2v) is 16.5. The van der Waals surface area contributed by atoms with E-state index in [1.807, 2.05) is 24.4 Å². The molecule has 14 heteroatoms. The van der Waals surface area contributed by atoms with E-state index in [0.717, 1.165) is 109 Å². The van der Waals surface area contributed by atoms with Crippen LogP contribution in [0.2, 0.25) is 0 Å². The quantitative estimate of drug-likeness (QED) is 0.232. The van der Waals surface area contributed by atoms with E-state index in [9.17, 15) is 19.2 Å². The van der Waals surface area contributed by atoms with Crippen molar-refractivity contribution in [3.63, 3.8) is 0 Å². The summed E-state index contributed by atoms with van der Waals surface area (Å²) in [5, 5.41) is 3.78. The van der Waals surface area contributed by atoms with Gasteiger partial charge < -0.3 is 18.9 Å². The maximum Gasteiger partial charge on any atom is 0.329 e. The summed E-state index contributed by atoms with van der Waals surface area (Å²) in [7, 11) is 6.90. The zero-order valence-electron chi connectivity index (χ0n) is 33.1. The molecule has 1 atom stereocenters. The number of benzene rings is 2. The molecule has 1 aliphatic carbocycles. The summed E-state index contributed by atoms with van der Waals surface area (Å²) in [5.41, 5.74) is 5.52. The first-order valence-corrected chi connectivity index (χ1v) is 20.0. The molecule has 2 amide bonds. The number of fused-ring (bicyclic) bond motifs is 2. The summed E-state index contributed by atoms with van der Waals surface area (Å²) in [6.07, 6.45) is 10.5. The van der Waals surface area contributed by atoms with Crippen LogP contribution in [0.1, 0.15) is 50.1 Å². The van der Waals surface area contributed by atoms with E-state index in [-0.39, 0.29) is 23.6 Å². The Morgan fingerprint density at radius 1 is 0.842 bits per heavy atom. The van der Waals surface area contributed by atoms with Crippen LogP contribution in [0.5, 0.6) is 11.5 Å². The standard InChI is InChI=1S/C43H50N8O6/c1-46-26-33(30-9-12-44-24-32(30)41(46)54)31-21-37(56-3)27(19-38(31)57-4)25-48-15-17-50(18-16-48)29-22-43(23-29)10-13-49(14-11-43)28-5-6-34-36(20-28)47(2)42(55)51(34)35-7-8-39(52)45-40(35)53/h5-6,9,12,19-21,24,26,29,35H,7-8,10-11,13-18,22-23,25H2,1-4H3,(H,45,52,53). The molecule has 3 saturated heterocycles. The summed E-state index contributed by atoms with van der Waals surface area (Å²) < 4.78 is 16.6. The number of rotatable bonds is 8. The highest BCUT2D eigenvalue weighted by molar-refractivity contribution is 6.00. The van der Waals surface area contributed by atoms with Crippen LogP contribution in [0.4, 0.5) is 5.69 Å². The highest BCUT2D eigenvalue weighted by Gasteiger charge is 2.48. The molecule has 1 unspecified atom stereocenters. The number of nitrogens with one attached hydrogen (secondary N) is 1. The minimum Gasteiger partial charge on any atom is -0.496 e. The smallest absolute Gasteiger partial charge is 0.329 e. The van der Waals surface area contributed by atoms with Gasteiger partial charge in [0.1, 0.15) is 17.5 Å². The normalized spacial score (nSPS) is 20.6. The number of nitrogens with zero attached hydrogens (tertiary/aromatic N) is 7. The summed E-state index contributed by atoms with van der Waals surface area (Å²) >= 11 is 0. The van der Waals surface area contributed by atoms with Gasteiger partial charge >= 0.3 is 5.69 Å². The fourth-order valence-electron chi connectivity index (χ4n) is 9.97. The number of hydrogen-bond donors (Lipinski definition) is 1. The number of piperazine rings is 1. The van der Waals surface area contributed by atoms with Crippen LogP contribution in [0, 0.1) is 5.41 Å². The monoisotopic (exact) mass is 774 g/mol. The number of hydrogen-bond acceptors (Lipinski definition) is 10. The van der Waals surface area contributed by atoms with Gasteiger partial charge in [0, 0.05) is 113 Å². The van der Waals surface area contributed by atoms with Gasteiger partial charge in [-0.2, -0.15) is 0 Å². The van der Waals surface area contributed by atoms with Crippen LogP contribution < -0.4 is 30.9 Å². The molecule has 1 saturated carbocycles. The number of carbonyl (C=O) groups excluding carboxylic acids is 2. The van der Waals surface area contributed by atoms with Crippen molar-refractivity contribution in [1.82, 2.24) is 33.8 Å². The third-order valence-corrected chi connectivity index (χ3v) is 13.3. The number of ether oxygens (including phenoxy) is 2. The number of pyridine rings is 2. The molecule has 6 heterocycles. The molecular formula is C43H50N8O6. The first-order chi connectivity index (χ1) is 27.6. The molecule has 14 nitrogen and oxygen atoms in total. The Labute approximate surface area is 330 Å². The minimum absolute atomic E-state index is 0.0885. The Hall–Kier alpha value is -5.47. The number of aryl methyl sites for hydroxylation is 2. The number of methoxy groups -OCH3 is 2. The third kappa shape index (κ3) is 6.48. The van der Waals surface area contributed by atoms with Gasteiger partial charge in [0.25, 0.3) is 5.56 Å². The van der Waals surface area contributed by atoms with E-state index in [0.29, 0.717) is 23.3 Å². The van der Waals surface area contributed by atoms with Crippen LogP contribution in [0.25, 0.3) is 32.9 Å². The lowest BCUT2D eigenvalue weighted by Crippen LogP contribution is -2.59. The molecule has 4 aliphatic rings. The van der Waals surface area contributed by atoms with E-state index in [2.05, 4.69) is 43.2 Å². The van der Waals surface area contributed by atoms with Gasteiger partial charge in [-0.3, -0.25) is 43.6 Å². The molecule has 4 fully saturated rings. The molecule has 0 radical (unpaired) electrons. The number of imidazole rings is 1. The van der Waals surface area contributed by atoms with Crippen molar-refractivity contribution in [2.45, 2.75) is 57.2 Å². The van der Waals surface area contributed by atoms with Crippen molar-refractivity contribution >= 4 is 39.3 Å². The van der Waals surface area contributed by atoms with Crippen molar-refractivity contribution in [3.05, 3.63) is 81.4 Å². The minimum atomic E-state index is -0.681. The zero-order valence-corrected chi connectivity index (χ0v) is 33.1. The fraction of sp³-hybridized carbons (Fsp3) is 0.465. The molecule has 3 aliphatic heterocycles. The number of imide groups is 1. The Morgan fingerprint density at radius 3 is 2.32 bits per heavy atom. The summed E-state index contributed by atoms with van der Waals surface area (Å²) in [5.74, 6) is 0.831. The van der Waals surface area contributed by atoms with E-state index in [1.54, 1.807) is 54.4 Å². The number of anilines is 1. The van der Waals surface area contributed by atoms with Gasteiger partial charge in [-0.15, -0.1) is 0 Å². The lowest BCUT2D eigenvalue weighted by molar-refractivity contribution is -0.135. The maximum atomic E-state index is 13.3. The van der Waals surface area contributed by atoms with Crippen molar-refractivity contribution < 1.29 is 19.1 Å². The largest absolute Gasteiger partial charge is 0.496 e. The highest BCUT2D eigenvalue weighted by Crippen LogP contribution is 2.51. The van der Waals surface area contributed by atoms with Crippen molar-refractivity contribution in [1.29, 1.82) is 0 Å². The zero-order chi connectivity index (χ0) is 39.6. The first kappa shape index (κ1) is 37.1. The fourth-order valence-corrected chi connectivity index (χ4v) is 9.97. The van der Waals surface area contributed by atoms with E-state index in [1.165, 1.54) is 12.8 Å². The molecule has 57 heavy (non-hydrogen) atoms. The Morgan fingerprint density at radius 2 is 1.60 bits per heavy atom. The SMILES string of the molecule is COc1cc(-c2cn(C)c(=O)c3cnccc23)c(OC)cc1CN1CCN(C2CC3(CCN(c4ccc5c(c4)n(C)c(=O)n5C4CCC(=O)NC4=O)CC3)C2)CC1. The molecule has 5 aromatic rings. The van der Waals surface area contributed by atoms with Gasteiger partial charge in [-0.05, 0) is 79.3 Å². The number of amides is 2. The van der Waals surface area contributed by atoms with Crippen LogP contribution in [0.3, 0.4) is 0 Å². The van der Waals surface area contributed by atoms with Crippen LogP contribution in [0.15, 0.2) is 64.6 Å². The van der Waals surface area contributed by atoms with Crippen molar-refractivity contribution in [3.8, 4) is 22.6 Å².